The van der Waals surface area contributed by atoms with E-state index in [1.54, 1.807) is 0 Å². The average Bonchev–Trinajstić information content (AvgIpc) is 3.18. The van der Waals surface area contributed by atoms with Crippen LogP contribution in [0.3, 0.4) is 0 Å². The van der Waals surface area contributed by atoms with Crippen molar-refractivity contribution in [1.29, 1.82) is 0 Å². The quantitative estimate of drug-likeness (QED) is 0.768. The van der Waals surface area contributed by atoms with E-state index in [4.69, 9.17) is 4.84 Å². The maximum atomic E-state index is 12.7. The Bertz CT molecular complexity index is 885. The molecule has 2 N–H and O–H groups in total. The summed E-state index contributed by atoms with van der Waals surface area (Å²) in [6.45, 7) is 4.20. The van der Waals surface area contributed by atoms with Gasteiger partial charge in [0.15, 0.2) is 0 Å². The van der Waals surface area contributed by atoms with Gasteiger partial charge >= 0.3 is 5.97 Å². The van der Waals surface area contributed by atoms with Crippen molar-refractivity contribution in [3.05, 3.63) is 47.7 Å². The van der Waals surface area contributed by atoms with E-state index in [1.165, 1.54) is 6.20 Å². The largest absolute Gasteiger partial charge is 0.363 e. The molecule has 1 aromatic heterocycles. The van der Waals surface area contributed by atoms with Gasteiger partial charge in [0, 0.05) is 0 Å². The summed E-state index contributed by atoms with van der Waals surface area (Å²) >= 11 is 0. The average molecular weight is 396 g/mol. The van der Waals surface area contributed by atoms with Crippen LogP contribution in [0, 0.1) is 5.92 Å². The van der Waals surface area contributed by atoms with Crippen LogP contribution in [0.2, 0.25) is 0 Å². The lowest BCUT2D eigenvalue weighted by Crippen LogP contribution is -2.38. The van der Waals surface area contributed by atoms with Crippen molar-refractivity contribution in [3.8, 4) is 0 Å². The zero-order valence-electron chi connectivity index (χ0n) is 17.0. The number of hydroxylamine groups is 1. The Kier molecular flexibility index (Phi) is 5.30. The molecule has 4 rings (SSSR count). The summed E-state index contributed by atoms with van der Waals surface area (Å²) in [5, 5.41) is 7.88. The van der Waals surface area contributed by atoms with Crippen molar-refractivity contribution < 1.29 is 14.4 Å². The third kappa shape index (κ3) is 3.99. The van der Waals surface area contributed by atoms with Crippen LogP contribution in [0.4, 0.5) is 5.82 Å². The molecule has 0 saturated heterocycles. The van der Waals surface area contributed by atoms with Gasteiger partial charge in [-0.05, 0) is 38.7 Å². The predicted molar refractivity (Wildman–Crippen MR) is 109 cm³/mol. The second-order valence-corrected chi connectivity index (χ2v) is 8.63. The second-order valence-electron chi connectivity index (χ2n) is 8.63. The molecular weight excluding hydrogens is 368 g/mol. The van der Waals surface area contributed by atoms with Gasteiger partial charge in [0.2, 0.25) is 0 Å². The van der Waals surface area contributed by atoms with E-state index < -0.39 is 5.91 Å². The van der Waals surface area contributed by atoms with Crippen LogP contribution in [-0.2, 0) is 15.2 Å². The number of benzene rings is 1. The van der Waals surface area contributed by atoms with Crippen LogP contribution in [0.15, 0.2) is 36.5 Å². The highest BCUT2D eigenvalue weighted by Crippen LogP contribution is 2.39. The third-order valence-corrected chi connectivity index (χ3v) is 5.99. The lowest BCUT2D eigenvalue weighted by Gasteiger charge is -2.38. The molecule has 0 radical (unpaired) electrons. The van der Waals surface area contributed by atoms with Crippen LogP contribution in [0.25, 0.3) is 0 Å². The number of anilines is 1. The number of hydrogen-bond acceptors (Lipinski definition) is 5. The van der Waals surface area contributed by atoms with Crippen LogP contribution >= 0.6 is 0 Å². The molecule has 7 nitrogen and oxygen atoms in total. The Hall–Kier alpha value is -2.83. The Morgan fingerprint density at radius 1 is 1.17 bits per heavy atom. The fourth-order valence-corrected chi connectivity index (χ4v) is 4.37. The standard InChI is InChI=1S/C22H28N4O3/c1-22(2)13-18(15-9-5-3-6-10-15)24-19-17(14-23-26(19)22)20(27)25-29-21(28)16-11-7-4-8-12-16/h3,5-6,9-10,14,16,18,24H,4,7-8,11-13H2,1-2H3,(H,25,27). The third-order valence-electron chi connectivity index (χ3n) is 5.99. The lowest BCUT2D eigenvalue weighted by molar-refractivity contribution is -0.155. The van der Waals surface area contributed by atoms with Crippen molar-refractivity contribution in [3.63, 3.8) is 0 Å². The van der Waals surface area contributed by atoms with Crippen LogP contribution in [-0.4, -0.2) is 21.7 Å². The molecule has 2 heterocycles. The molecule has 1 aromatic carbocycles. The molecule has 29 heavy (non-hydrogen) atoms. The molecule has 1 aliphatic carbocycles. The van der Waals surface area contributed by atoms with E-state index in [-0.39, 0.29) is 23.5 Å². The van der Waals surface area contributed by atoms with Gasteiger partial charge in [0.05, 0.1) is 23.7 Å². The molecule has 1 saturated carbocycles. The Morgan fingerprint density at radius 2 is 1.90 bits per heavy atom. The number of nitrogens with one attached hydrogen (secondary N) is 2. The zero-order valence-corrected chi connectivity index (χ0v) is 17.0. The van der Waals surface area contributed by atoms with Crippen LogP contribution in [0.1, 0.15) is 74.3 Å². The summed E-state index contributed by atoms with van der Waals surface area (Å²) in [6.07, 6.45) is 7.24. The summed E-state index contributed by atoms with van der Waals surface area (Å²) in [6, 6.07) is 10.2. The maximum absolute atomic E-state index is 12.7. The van der Waals surface area contributed by atoms with Gasteiger partial charge < -0.3 is 10.2 Å². The number of amides is 1. The van der Waals surface area contributed by atoms with E-state index in [0.29, 0.717) is 11.4 Å². The molecule has 0 spiro atoms. The van der Waals surface area contributed by atoms with Gasteiger partial charge in [-0.15, -0.1) is 0 Å². The van der Waals surface area contributed by atoms with Gasteiger partial charge in [-0.2, -0.15) is 10.6 Å². The highest BCUT2D eigenvalue weighted by Gasteiger charge is 2.37. The molecule has 154 valence electrons. The van der Waals surface area contributed by atoms with Gasteiger partial charge in [-0.1, -0.05) is 49.6 Å². The molecule has 0 bridgehead atoms. The van der Waals surface area contributed by atoms with Crippen molar-refractivity contribution >= 4 is 17.7 Å². The number of hydrogen-bond donors (Lipinski definition) is 2. The molecular formula is C22H28N4O3. The summed E-state index contributed by atoms with van der Waals surface area (Å²) in [4.78, 5) is 30.1. The first-order valence-electron chi connectivity index (χ1n) is 10.4. The number of fused-ring (bicyclic) bond motifs is 1. The maximum Gasteiger partial charge on any atom is 0.335 e. The van der Waals surface area contributed by atoms with Crippen molar-refractivity contribution in [1.82, 2.24) is 15.3 Å². The predicted octanol–water partition coefficient (Wildman–Crippen LogP) is 3.94. The minimum absolute atomic E-state index is 0.0618. The SMILES string of the molecule is CC1(C)CC(c2ccccc2)Nc2c(C(=O)NOC(=O)C3CCCCC3)cnn21. The Labute approximate surface area is 170 Å². The van der Waals surface area contributed by atoms with Gasteiger partial charge in [-0.3, -0.25) is 4.79 Å². The summed E-state index contributed by atoms with van der Waals surface area (Å²) < 4.78 is 1.84. The normalized spacial score (nSPS) is 21.0. The number of nitrogens with zero attached hydrogens (tertiary/aromatic N) is 2. The topological polar surface area (TPSA) is 85.2 Å². The van der Waals surface area contributed by atoms with Gasteiger partial charge in [-0.25, -0.2) is 9.48 Å². The fourth-order valence-electron chi connectivity index (χ4n) is 4.37. The number of aromatic nitrogens is 2. The van der Waals surface area contributed by atoms with Crippen LogP contribution < -0.4 is 10.8 Å². The molecule has 7 heteroatoms. The smallest absolute Gasteiger partial charge is 0.335 e. The van der Waals surface area contributed by atoms with E-state index >= 15 is 0 Å². The minimum atomic E-state index is -0.465. The van der Waals surface area contributed by atoms with Crippen molar-refractivity contribution in [2.45, 2.75) is 64.0 Å². The highest BCUT2D eigenvalue weighted by molar-refractivity contribution is 5.98. The molecule has 2 aliphatic rings. The molecule has 1 atom stereocenters. The van der Waals surface area contributed by atoms with E-state index in [9.17, 15) is 9.59 Å². The summed E-state index contributed by atoms with van der Waals surface area (Å²) in [7, 11) is 0. The van der Waals surface area contributed by atoms with E-state index in [0.717, 1.165) is 44.1 Å². The zero-order chi connectivity index (χ0) is 20.4. The molecule has 1 fully saturated rings. The van der Waals surface area contributed by atoms with Crippen molar-refractivity contribution in [2.75, 3.05) is 5.32 Å². The first-order chi connectivity index (χ1) is 14.0. The highest BCUT2D eigenvalue weighted by atomic mass is 16.7. The Balaban J connectivity index is 1.49. The first kappa shape index (κ1) is 19.5. The number of rotatable bonds is 3. The molecule has 2 aromatic rings. The van der Waals surface area contributed by atoms with Crippen molar-refractivity contribution in [2.24, 2.45) is 5.92 Å². The molecule has 1 amide bonds. The first-order valence-corrected chi connectivity index (χ1v) is 10.4. The number of carbonyl (C=O) groups is 2. The minimum Gasteiger partial charge on any atom is -0.363 e. The van der Waals surface area contributed by atoms with Gasteiger partial charge in [0.1, 0.15) is 11.4 Å². The fraction of sp³-hybridized carbons (Fsp3) is 0.500. The van der Waals surface area contributed by atoms with E-state index in [2.05, 4.69) is 41.9 Å². The summed E-state index contributed by atoms with van der Waals surface area (Å²) in [5.41, 5.74) is 3.59. The molecule has 1 aliphatic heterocycles. The lowest BCUT2D eigenvalue weighted by atomic mass is 9.89. The second kappa shape index (κ2) is 7.89. The monoisotopic (exact) mass is 396 g/mol. The molecule has 1 unspecified atom stereocenters. The Morgan fingerprint density at radius 3 is 2.62 bits per heavy atom. The van der Waals surface area contributed by atoms with E-state index in [1.807, 2.05) is 22.9 Å². The van der Waals surface area contributed by atoms with Gasteiger partial charge in [0.25, 0.3) is 5.91 Å². The summed E-state index contributed by atoms with van der Waals surface area (Å²) in [5.74, 6) is -0.298. The van der Waals surface area contributed by atoms with Crippen LogP contribution in [0.5, 0.6) is 0 Å². The number of carbonyl (C=O) groups excluding carboxylic acids is 2.